The molecular weight excluding hydrogens is 585 g/mol. The van der Waals surface area contributed by atoms with Crippen LogP contribution in [-0.4, -0.2) is 19.9 Å². The van der Waals surface area contributed by atoms with Crippen LogP contribution in [0.2, 0.25) is 0 Å². The van der Waals surface area contributed by atoms with Crippen LogP contribution in [0.25, 0.3) is 88.0 Å². The van der Waals surface area contributed by atoms with E-state index in [1.165, 1.54) is 0 Å². The first-order chi connectivity index (χ1) is 22.8. The Labute approximate surface area is 268 Å². The van der Waals surface area contributed by atoms with E-state index in [9.17, 15) is 0 Å². The average molecular weight is 609 g/mol. The lowest BCUT2D eigenvalue weighted by atomic mass is 9.98. The minimum atomic E-state index is 0.566. The standard InChI is InChI=1S/C40H24N4OS/c1-4-12-25(13-5-1)37-42-38(26-14-6-2-7-15-26)44-39(43-37)31-20-10-19-30-35-29(18-11-21-33(35)45-36(30)31)28-22-23-34-32(24-28)41-40(46-34)27-16-8-3-9-17-27/h1-24H. The van der Waals surface area contributed by atoms with Crippen molar-refractivity contribution >= 4 is 43.5 Å². The first kappa shape index (κ1) is 26.4. The Kier molecular flexibility index (Phi) is 6.25. The van der Waals surface area contributed by atoms with E-state index in [0.29, 0.717) is 17.5 Å². The van der Waals surface area contributed by atoms with Crippen molar-refractivity contribution in [1.82, 2.24) is 19.9 Å². The molecule has 0 N–H and O–H groups in total. The van der Waals surface area contributed by atoms with Crippen molar-refractivity contribution in [3.05, 3.63) is 146 Å². The van der Waals surface area contributed by atoms with Gasteiger partial charge >= 0.3 is 0 Å². The van der Waals surface area contributed by atoms with E-state index in [2.05, 4.69) is 42.5 Å². The summed E-state index contributed by atoms with van der Waals surface area (Å²) < 4.78 is 7.79. The van der Waals surface area contributed by atoms with Crippen LogP contribution in [0, 0.1) is 0 Å². The number of hydrogen-bond donors (Lipinski definition) is 0. The first-order valence-corrected chi connectivity index (χ1v) is 15.9. The van der Waals surface area contributed by atoms with E-state index in [4.69, 9.17) is 24.4 Å². The number of hydrogen-bond acceptors (Lipinski definition) is 6. The van der Waals surface area contributed by atoms with Crippen LogP contribution in [0.4, 0.5) is 0 Å². The van der Waals surface area contributed by atoms with E-state index in [1.54, 1.807) is 11.3 Å². The van der Waals surface area contributed by atoms with Crippen molar-refractivity contribution in [3.63, 3.8) is 0 Å². The molecule has 6 aromatic carbocycles. The molecular formula is C40H24N4OS. The van der Waals surface area contributed by atoms with Crippen LogP contribution in [0.3, 0.4) is 0 Å². The molecule has 0 amide bonds. The Hall–Kier alpha value is -5.98. The summed E-state index contributed by atoms with van der Waals surface area (Å²) in [5.74, 6) is 1.80. The van der Waals surface area contributed by atoms with Gasteiger partial charge in [0, 0.05) is 27.5 Å². The molecule has 5 nitrogen and oxygen atoms in total. The zero-order chi connectivity index (χ0) is 30.5. The summed E-state index contributed by atoms with van der Waals surface area (Å²) in [7, 11) is 0. The molecule has 3 heterocycles. The molecule has 9 aromatic rings. The van der Waals surface area contributed by atoms with E-state index in [1.807, 2.05) is 103 Å². The maximum absolute atomic E-state index is 6.63. The largest absolute Gasteiger partial charge is 0.455 e. The molecule has 0 aliphatic carbocycles. The van der Waals surface area contributed by atoms with Gasteiger partial charge in [0.05, 0.1) is 15.8 Å². The number of rotatable bonds is 5. The van der Waals surface area contributed by atoms with Gasteiger partial charge in [0.2, 0.25) is 0 Å². The summed E-state index contributed by atoms with van der Waals surface area (Å²) in [5, 5.41) is 3.08. The highest BCUT2D eigenvalue weighted by Crippen LogP contribution is 2.41. The van der Waals surface area contributed by atoms with Crippen molar-refractivity contribution in [3.8, 4) is 55.9 Å². The summed E-state index contributed by atoms with van der Waals surface area (Å²) in [6, 6.07) is 49.3. The summed E-state index contributed by atoms with van der Waals surface area (Å²) >= 11 is 1.71. The highest BCUT2D eigenvalue weighted by atomic mass is 32.1. The lowest BCUT2D eigenvalue weighted by Gasteiger charge is -2.08. The maximum atomic E-state index is 6.63. The van der Waals surface area contributed by atoms with Gasteiger partial charge in [-0.1, -0.05) is 121 Å². The first-order valence-electron chi connectivity index (χ1n) is 15.1. The van der Waals surface area contributed by atoms with Crippen LogP contribution < -0.4 is 0 Å². The monoisotopic (exact) mass is 608 g/mol. The Balaban J connectivity index is 1.22. The lowest BCUT2D eigenvalue weighted by molar-refractivity contribution is 0.669. The number of para-hydroxylation sites is 1. The number of fused-ring (bicyclic) bond motifs is 4. The second-order valence-electron chi connectivity index (χ2n) is 11.1. The fraction of sp³-hybridized carbons (Fsp3) is 0. The van der Waals surface area contributed by atoms with Crippen molar-refractivity contribution < 1.29 is 4.42 Å². The molecule has 0 aliphatic rings. The van der Waals surface area contributed by atoms with Gasteiger partial charge in [0.25, 0.3) is 0 Å². The van der Waals surface area contributed by atoms with Gasteiger partial charge in [-0.15, -0.1) is 11.3 Å². The van der Waals surface area contributed by atoms with Crippen LogP contribution in [-0.2, 0) is 0 Å². The average Bonchev–Trinajstić information content (AvgIpc) is 3.74. The van der Waals surface area contributed by atoms with Gasteiger partial charge in [0.1, 0.15) is 16.2 Å². The molecule has 0 saturated carbocycles. The van der Waals surface area contributed by atoms with Crippen molar-refractivity contribution in [2.75, 3.05) is 0 Å². The summed E-state index contributed by atoms with van der Waals surface area (Å²) in [5.41, 5.74) is 8.52. The third-order valence-corrected chi connectivity index (χ3v) is 9.27. The SMILES string of the molecule is c1ccc(-c2nc(-c3ccccc3)nc(-c3cccc4c3oc3cccc(-c5ccc6sc(-c7ccccc7)nc6c5)c34)n2)cc1. The molecule has 9 rings (SSSR count). The van der Waals surface area contributed by atoms with Crippen LogP contribution >= 0.6 is 11.3 Å². The van der Waals surface area contributed by atoms with E-state index >= 15 is 0 Å². The molecule has 0 spiro atoms. The molecule has 46 heavy (non-hydrogen) atoms. The lowest BCUT2D eigenvalue weighted by Crippen LogP contribution is -2.00. The zero-order valence-corrected chi connectivity index (χ0v) is 25.3. The maximum Gasteiger partial charge on any atom is 0.167 e. The smallest absolute Gasteiger partial charge is 0.167 e. The Morgan fingerprint density at radius 2 is 1.07 bits per heavy atom. The summed E-state index contributed by atoms with van der Waals surface area (Å²) in [6.45, 7) is 0. The van der Waals surface area contributed by atoms with Gasteiger partial charge < -0.3 is 4.42 Å². The number of thiazole rings is 1. The van der Waals surface area contributed by atoms with Crippen LogP contribution in [0.5, 0.6) is 0 Å². The summed E-state index contributed by atoms with van der Waals surface area (Å²) in [4.78, 5) is 19.8. The Morgan fingerprint density at radius 3 is 1.76 bits per heavy atom. The van der Waals surface area contributed by atoms with E-state index in [-0.39, 0.29) is 0 Å². The predicted molar refractivity (Wildman–Crippen MR) is 187 cm³/mol. The van der Waals surface area contributed by atoms with Gasteiger partial charge in [-0.25, -0.2) is 19.9 Å². The van der Waals surface area contributed by atoms with Crippen LogP contribution in [0.1, 0.15) is 0 Å². The minimum absolute atomic E-state index is 0.566. The Morgan fingerprint density at radius 1 is 0.457 bits per heavy atom. The van der Waals surface area contributed by atoms with Crippen molar-refractivity contribution in [1.29, 1.82) is 0 Å². The highest BCUT2D eigenvalue weighted by Gasteiger charge is 2.20. The van der Waals surface area contributed by atoms with Gasteiger partial charge in [-0.2, -0.15) is 0 Å². The number of benzene rings is 6. The third-order valence-electron chi connectivity index (χ3n) is 8.18. The molecule has 6 heteroatoms. The molecule has 3 aromatic heterocycles. The fourth-order valence-electron chi connectivity index (χ4n) is 5.99. The minimum Gasteiger partial charge on any atom is -0.455 e. The van der Waals surface area contributed by atoms with Crippen LogP contribution in [0.15, 0.2) is 150 Å². The molecule has 0 unspecified atom stereocenters. The topological polar surface area (TPSA) is 64.7 Å². The molecule has 0 fully saturated rings. The molecule has 0 radical (unpaired) electrons. The van der Waals surface area contributed by atoms with Gasteiger partial charge in [-0.05, 0) is 35.4 Å². The normalized spacial score (nSPS) is 11.5. The number of furan rings is 1. The zero-order valence-electron chi connectivity index (χ0n) is 24.5. The van der Waals surface area contributed by atoms with E-state index in [0.717, 1.165) is 70.5 Å². The number of nitrogens with zero attached hydrogens (tertiary/aromatic N) is 4. The molecule has 0 aliphatic heterocycles. The van der Waals surface area contributed by atoms with E-state index < -0.39 is 0 Å². The Bertz CT molecular complexity index is 2470. The summed E-state index contributed by atoms with van der Waals surface area (Å²) in [6.07, 6.45) is 0. The quantitative estimate of drug-likeness (QED) is 0.194. The fourth-order valence-corrected chi connectivity index (χ4v) is 6.94. The molecule has 0 bridgehead atoms. The van der Waals surface area contributed by atoms with Crippen molar-refractivity contribution in [2.45, 2.75) is 0 Å². The second kappa shape index (κ2) is 10.9. The molecule has 0 saturated heterocycles. The number of aromatic nitrogens is 4. The van der Waals surface area contributed by atoms with Gasteiger partial charge in [0.15, 0.2) is 17.5 Å². The van der Waals surface area contributed by atoms with Gasteiger partial charge in [-0.3, -0.25) is 0 Å². The molecule has 0 atom stereocenters. The van der Waals surface area contributed by atoms with Crippen molar-refractivity contribution in [2.24, 2.45) is 0 Å². The predicted octanol–water partition coefficient (Wildman–Crippen LogP) is 10.7. The highest BCUT2D eigenvalue weighted by molar-refractivity contribution is 7.21. The third kappa shape index (κ3) is 4.55. The second-order valence-corrected chi connectivity index (χ2v) is 12.1. The molecule has 216 valence electrons.